The maximum absolute atomic E-state index is 12.5. The van der Waals surface area contributed by atoms with Crippen LogP contribution in [0.15, 0.2) is 0 Å². The highest BCUT2D eigenvalue weighted by Gasteiger charge is 2.20. The maximum atomic E-state index is 12.5. The molecule has 2 aliphatic rings. The van der Waals surface area contributed by atoms with Gasteiger partial charge in [0.1, 0.15) is 12.2 Å². The largest absolute Gasteiger partial charge is 0.461 e. The van der Waals surface area contributed by atoms with Crippen LogP contribution in [0.2, 0.25) is 0 Å². The lowest BCUT2D eigenvalue weighted by atomic mass is 9.86. The zero-order valence-corrected chi connectivity index (χ0v) is 33.0. The van der Waals surface area contributed by atoms with Crippen LogP contribution in [0.3, 0.4) is 0 Å². The lowest BCUT2D eigenvalue weighted by Gasteiger charge is -2.22. The SMILES string of the molecule is CCCCC(CSCCCCCC(O)CCCCCSCC(CCCC)OC(=O)CCC1CCCCC1)OC(=O)CCC1CCCCC1. The zero-order chi connectivity index (χ0) is 34.5. The Labute approximate surface area is 305 Å². The summed E-state index contributed by atoms with van der Waals surface area (Å²) in [4.78, 5) is 25.0. The molecule has 0 aliphatic heterocycles. The second-order valence-corrected chi connectivity index (χ2v) is 17.4. The van der Waals surface area contributed by atoms with Crippen LogP contribution in [0, 0.1) is 11.8 Å². The molecule has 2 atom stereocenters. The average Bonchev–Trinajstić information content (AvgIpc) is 3.10. The maximum Gasteiger partial charge on any atom is 0.306 e. The summed E-state index contributed by atoms with van der Waals surface area (Å²) in [5, 5.41) is 10.5. The van der Waals surface area contributed by atoms with Crippen molar-refractivity contribution in [2.45, 2.75) is 212 Å². The van der Waals surface area contributed by atoms with Gasteiger partial charge in [0.15, 0.2) is 0 Å². The summed E-state index contributed by atoms with van der Waals surface area (Å²) in [7, 11) is 0. The lowest BCUT2D eigenvalue weighted by Crippen LogP contribution is -2.21. The first-order valence-electron chi connectivity index (χ1n) is 20.7. The molecule has 0 heterocycles. The van der Waals surface area contributed by atoms with Crippen LogP contribution in [-0.4, -0.2) is 58.4 Å². The fourth-order valence-electron chi connectivity index (χ4n) is 7.40. The minimum absolute atomic E-state index is 0.0174. The van der Waals surface area contributed by atoms with Gasteiger partial charge >= 0.3 is 11.9 Å². The molecule has 2 aliphatic carbocycles. The highest BCUT2D eigenvalue weighted by molar-refractivity contribution is 7.99. The molecule has 1 N–H and O–H groups in total. The van der Waals surface area contributed by atoms with E-state index < -0.39 is 0 Å². The molecule has 0 bridgehead atoms. The van der Waals surface area contributed by atoms with Crippen LogP contribution in [0.1, 0.15) is 194 Å². The Morgan fingerprint density at radius 3 is 1.40 bits per heavy atom. The third-order valence-electron chi connectivity index (χ3n) is 10.6. The number of ether oxygens (including phenoxy) is 2. The molecular formula is C41H76O5S2. The van der Waals surface area contributed by atoms with E-state index in [4.69, 9.17) is 9.47 Å². The number of carbonyl (C=O) groups is 2. The second-order valence-electron chi connectivity index (χ2n) is 15.1. The number of rotatable bonds is 30. The first-order valence-corrected chi connectivity index (χ1v) is 23.0. The van der Waals surface area contributed by atoms with Gasteiger partial charge in [-0.05, 0) is 74.7 Å². The molecule has 0 aromatic rings. The van der Waals surface area contributed by atoms with E-state index in [1.54, 1.807) is 0 Å². The smallest absolute Gasteiger partial charge is 0.306 e. The van der Waals surface area contributed by atoms with Crippen LogP contribution in [0.25, 0.3) is 0 Å². The van der Waals surface area contributed by atoms with Crippen LogP contribution in [0.5, 0.6) is 0 Å². The Bertz CT molecular complexity index is 706. The van der Waals surface area contributed by atoms with Crippen LogP contribution in [-0.2, 0) is 19.1 Å². The van der Waals surface area contributed by atoms with E-state index >= 15 is 0 Å². The van der Waals surface area contributed by atoms with Crippen molar-refractivity contribution in [2.75, 3.05) is 23.0 Å². The number of hydrogen-bond acceptors (Lipinski definition) is 7. The number of hydrogen-bond donors (Lipinski definition) is 1. The Kier molecular flexibility index (Phi) is 27.6. The van der Waals surface area contributed by atoms with E-state index in [-0.39, 0.29) is 30.3 Å². The van der Waals surface area contributed by atoms with Gasteiger partial charge in [-0.25, -0.2) is 0 Å². The quantitative estimate of drug-likeness (QED) is 0.0587. The van der Waals surface area contributed by atoms with E-state index in [1.807, 2.05) is 23.5 Å². The average molecular weight is 713 g/mol. The molecule has 0 spiro atoms. The van der Waals surface area contributed by atoms with Gasteiger partial charge in [-0.2, -0.15) is 23.5 Å². The normalized spacial score (nSPS) is 18.0. The van der Waals surface area contributed by atoms with E-state index in [1.165, 1.54) is 77.0 Å². The number of unbranched alkanes of at least 4 members (excludes halogenated alkanes) is 6. The van der Waals surface area contributed by atoms with Crippen molar-refractivity contribution in [1.29, 1.82) is 0 Å². The van der Waals surface area contributed by atoms with Gasteiger partial charge in [-0.15, -0.1) is 0 Å². The van der Waals surface area contributed by atoms with E-state index in [0.717, 1.165) is 125 Å². The molecule has 0 radical (unpaired) electrons. The van der Waals surface area contributed by atoms with Crippen molar-refractivity contribution in [1.82, 2.24) is 0 Å². The monoisotopic (exact) mass is 713 g/mol. The molecule has 0 aromatic heterocycles. The summed E-state index contributed by atoms with van der Waals surface area (Å²) in [5.74, 6) is 5.55. The second kappa shape index (κ2) is 30.2. The minimum Gasteiger partial charge on any atom is -0.461 e. The molecule has 2 rings (SSSR count). The number of aliphatic hydroxyl groups is 1. The molecule has 5 nitrogen and oxygen atoms in total. The number of thioether (sulfide) groups is 2. The first-order chi connectivity index (χ1) is 23.5. The predicted molar refractivity (Wildman–Crippen MR) is 208 cm³/mol. The molecule has 2 fully saturated rings. The van der Waals surface area contributed by atoms with Gasteiger partial charge in [0.25, 0.3) is 0 Å². The topological polar surface area (TPSA) is 72.8 Å². The fraction of sp³-hybridized carbons (Fsp3) is 0.951. The van der Waals surface area contributed by atoms with Crippen molar-refractivity contribution in [3.63, 3.8) is 0 Å². The molecule has 282 valence electrons. The summed E-state index contributed by atoms with van der Waals surface area (Å²) < 4.78 is 11.8. The third kappa shape index (κ3) is 23.9. The molecule has 0 aromatic carbocycles. The van der Waals surface area contributed by atoms with E-state index in [9.17, 15) is 14.7 Å². The number of esters is 2. The predicted octanol–water partition coefficient (Wildman–Crippen LogP) is 11.9. The summed E-state index contributed by atoms with van der Waals surface area (Å²) in [5.41, 5.74) is 0. The van der Waals surface area contributed by atoms with Gasteiger partial charge in [0.05, 0.1) is 6.10 Å². The molecule has 0 saturated heterocycles. The molecule has 2 saturated carbocycles. The van der Waals surface area contributed by atoms with E-state index in [0.29, 0.717) is 12.8 Å². The lowest BCUT2D eigenvalue weighted by molar-refractivity contribution is -0.149. The van der Waals surface area contributed by atoms with Gasteiger partial charge in [-0.1, -0.05) is 129 Å². The summed E-state index contributed by atoms with van der Waals surface area (Å²) >= 11 is 3.86. The molecule has 0 amide bonds. The van der Waals surface area contributed by atoms with Gasteiger partial charge < -0.3 is 14.6 Å². The standard InChI is InChI=1S/C41H76O5S2/c1-3-5-25-38(45-40(43)29-27-35-19-11-7-12-20-35)33-47-31-17-9-15-23-37(42)24-16-10-18-32-48-34-39(26-6-4-2)46-41(44)30-28-36-21-13-8-14-22-36/h35-39,42H,3-34H2,1-2H3. The molecule has 2 unspecified atom stereocenters. The first kappa shape index (κ1) is 43.8. The third-order valence-corrected chi connectivity index (χ3v) is 12.9. The van der Waals surface area contributed by atoms with Crippen LogP contribution in [0.4, 0.5) is 0 Å². The summed E-state index contributed by atoms with van der Waals surface area (Å²) in [6.07, 6.45) is 31.5. The van der Waals surface area contributed by atoms with Crippen LogP contribution < -0.4 is 0 Å². The highest BCUT2D eigenvalue weighted by atomic mass is 32.2. The van der Waals surface area contributed by atoms with Gasteiger partial charge in [0.2, 0.25) is 0 Å². The van der Waals surface area contributed by atoms with Crippen molar-refractivity contribution < 1.29 is 24.2 Å². The molecule has 7 heteroatoms. The van der Waals surface area contributed by atoms with Crippen molar-refractivity contribution >= 4 is 35.5 Å². The van der Waals surface area contributed by atoms with Crippen LogP contribution >= 0.6 is 23.5 Å². The summed E-state index contributed by atoms with van der Waals surface area (Å²) in [6, 6.07) is 0. The Hall–Kier alpha value is -0.400. The van der Waals surface area contributed by atoms with E-state index in [2.05, 4.69) is 13.8 Å². The summed E-state index contributed by atoms with van der Waals surface area (Å²) in [6.45, 7) is 4.41. The van der Waals surface area contributed by atoms with Gasteiger partial charge in [-0.3, -0.25) is 9.59 Å². The number of carbonyl (C=O) groups excluding carboxylic acids is 2. The fourth-order valence-corrected chi connectivity index (χ4v) is 9.54. The zero-order valence-electron chi connectivity index (χ0n) is 31.4. The Balaban J connectivity index is 1.44. The van der Waals surface area contributed by atoms with Crippen molar-refractivity contribution in [2.24, 2.45) is 11.8 Å². The Morgan fingerprint density at radius 2 is 1.00 bits per heavy atom. The molecule has 48 heavy (non-hydrogen) atoms. The van der Waals surface area contributed by atoms with Crippen molar-refractivity contribution in [3.05, 3.63) is 0 Å². The Morgan fingerprint density at radius 1 is 0.583 bits per heavy atom. The van der Waals surface area contributed by atoms with Crippen molar-refractivity contribution in [3.8, 4) is 0 Å². The minimum atomic E-state index is -0.178. The van der Waals surface area contributed by atoms with Gasteiger partial charge in [0, 0.05) is 24.3 Å². The highest BCUT2D eigenvalue weighted by Crippen LogP contribution is 2.29. The molecular weight excluding hydrogens is 637 g/mol. The number of aliphatic hydroxyl groups excluding tert-OH is 1.